The van der Waals surface area contributed by atoms with E-state index in [4.69, 9.17) is 10.3 Å². The van der Waals surface area contributed by atoms with Crippen LogP contribution in [0.4, 0.5) is 5.82 Å². The largest absolute Gasteiger partial charge is 0.384 e. The first kappa shape index (κ1) is 13.1. The van der Waals surface area contributed by atoms with Gasteiger partial charge in [0.15, 0.2) is 0 Å². The molecule has 0 spiro atoms. The molecule has 3 N–H and O–H groups in total. The lowest BCUT2D eigenvalue weighted by Gasteiger charge is -2.09. The average Bonchev–Trinajstić information content (AvgIpc) is 2.88. The highest BCUT2D eigenvalue weighted by Crippen LogP contribution is 2.16. The summed E-state index contributed by atoms with van der Waals surface area (Å²) in [6, 6.07) is 5.00. The van der Waals surface area contributed by atoms with Gasteiger partial charge in [-0.3, -0.25) is 4.79 Å². The highest BCUT2D eigenvalue weighted by atomic mass is 16.5. The van der Waals surface area contributed by atoms with Crippen LogP contribution in [-0.4, -0.2) is 16.0 Å². The van der Waals surface area contributed by atoms with E-state index in [9.17, 15) is 4.79 Å². The zero-order chi connectivity index (χ0) is 13.8. The predicted molar refractivity (Wildman–Crippen MR) is 70.4 cm³/mol. The van der Waals surface area contributed by atoms with E-state index in [0.29, 0.717) is 23.6 Å². The van der Waals surface area contributed by atoms with Crippen LogP contribution in [0, 0.1) is 0 Å². The first-order valence-electron chi connectivity index (χ1n) is 6.01. The van der Waals surface area contributed by atoms with Crippen LogP contribution in [0.15, 0.2) is 29.0 Å². The van der Waals surface area contributed by atoms with Crippen molar-refractivity contribution in [3.63, 3.8) is 0 Å². The van der Waals surface area contributed by atoms with Crippen LogP contribution in [0.5, 0.6) is 0 Å². The molecular weight excluding hydrogens is 244 g/mol. The molecule has 6 heteroatoms. The number of carbonyl (C=O) groups is 1. The summed E-state index contributed by atoms with van der Waals surface area (Å²) in [5, 5.41) is 6.47. The number of pyridine rings is 1. The number of nitrogens with zero attached hydrogens (tertiary/aromatic N) is 2. The van der Waals surface area contributed by atoms with Crippen molar-refractivity contribution in [1.82, 2.24) is 15.5 Å². The molecule has 2 rings (SSSR count). The molecule has 6 nitrogen and oxygen atoms in total. The number of aromatic nitrogens is 2. The third-order valence-electron chi connectivity index (χ3n) is 2.64. The van der Waals surface area contributed by atoms with E-state index in [2.05, 4.69) is 15.5 Å². The van der Waals surface area contributed by atoms with E-state index in [-0.39, 0.29) is 11.8 Å². The quantitative estimate of drug-likeness (QED) is 0.872. The van der Waals surface area contributed by atoms with Crippen molar-refractivity contribution in [2.75, 3.05) is 5.73 Å². The molecule has 0 saturated heterocycles. The Balaban J connectivity index is 2.10. The Morgan fingerprint density at radius 1 is 1.47 bits per heavy atom. The number of anilines is 1. The van der Waals surface area contributed by atoms with Gasteiger partial charge >= 0.3 is 0 Å². The number of amides is 1. The standard InChI is InChI=1S/C13H16N4O2/c1-8(2)11-5-9(6-12(14)16-11)13(18)15-7-10-3-4-19-17-10/h3-6,8H,7H2,1-2H3,(H2,14,16)(H,15,18). The minimum Gasteiger partial charge on any atom is -0.384 e. The first-order valence-corrected chi connectivity index (χ1v) is 6.01. The van der Waals surface area contributed by atoms with Crippen molar-refractivity contribution in [3.05, 3.63) is 41.4 Å². The molecule has 0 aromatic carbocycles. The third kappa shape index (κ3) is 3.31. The van der Waals surface area contributed by atoms with Crippen LogP contribution < -0.4 is 11.1 Å². The topological polar surface area (TPSA) is 94.0 Å². The first-order chi connectivity index (χ1) is 9.06. The molecule has 0 aliphatic carbocycles. The second kappa shape index (κ2) is 5.51. The molecule has 0 atom stereocenters. The Bertz CT molecular complexity index is 564. The molecule has 0 bridgehead atoms. The highest BCUT2D eigenvalue weighted by molar-refractivity contribution is 5.94. The maximum absolute atomic E-state index is 12.0. The summed E-state index contributed by atoms with van der Waals surface area (Å²) in [5.41, 5.74) is 7.67. The molecule has 2 aromatic rings. The number of nitrogens with one attached hydrogen (secondary N) is 1. The lowest BCUT2D eigenvalue weighted by atomic mass is 10.1. The fraction of sp³-hybridized carbons (Fsp3) is 0.308. The maximum atomic E-state index is 12.0. The minimum atomic E-state index is -0.209. The van der Waals surface area contributed by atoms with Crippen molar-refractivity contribution in [1.29, 1.82) is 0 Å². The molecule has 0 unspecified atom stereocenters. The van der Waals surface area contributed by atoms with Crippen molar-refractivity contribution in [2.24, 2.45) is 0 Å². The van der Waals surface area contributed by atoms with Gasteiger partial charge in [-0.1, -0.05) is 19.0 Å². The van der Waals surface area contributed by atoms with E-state index in [1.807, 2.05) is 13.8 Å². The SMILES string of the molecule is CC(C)c1cc(C(=O)NCc2ccon2)cc(N)n1. The van der Waals surface area contributed by atoms with E-state index in [1.54, 1.807) is 18.2 Å². The van der Waals surface area contributed by atoms with Gasteiger partial charge in [-0.05, 0) is 18.1 Å². The van der Waals surface area contributed by atoms with Crippen LogP contribution in [-0.2, 0) is 6.54 Å². The fourth-order valence-corrected chi connectivity index (χ4v) is 1.60. The molecule has 0 aliphatic heterocycles. The van der Waals surface area contributed by atoms with Crippen molar-refractivity contribution in [2.45, 2.75) is 26.3 Å². The Morgan fingerprint density at radius 2 is 2.26 bits per heavy atom. The number of nitrogens with two attached hydrogens (primary N) is 1. The second-order valence-electron chi connectivity index (χ2n) is 4.53. The molecule has 0 radical (unpaired) electrons. The van der Waals surface area contributed by atoms with Crippen LogP contribution in [0.1, 0.15) is 41.5 Å². The monoisotopic (exact) mass is 260 g/mol. The lowest BCUT2D eigenvalue weighted by Crippen LogP contribution is -2.23. The molecular formula is C13H16N4O2. The predicted octanol–water partition coefficient (Wildman–Crippen LogP) is 1.71. The molecule has 0 saturated carbocycles. The summed E-state index contributed by atoms with van der Waals surface area (Å²) in [4.78, 5) is 16.2. The average molecular weight is 260 g/mol. The van der Waals surface area contributed by atoms with Crippen LogP contribution in [0.25, 0.3) is 0 Å². The summed E-state index contributed by atoms with van der Waals surface area (Å²) >= 11 is 0. The van der Waals surface area contributed by atoms with Gasteiger partial charge in [0.1, 0.15) is 17.8 Å². The lowest BCUT2D eigenvalue weighted by molar-refractivity contribution is 0.0950. The minimum absolute atomic E-state index is 0.209. The Hall–Kier alpha value is -2.37. The number of hydrogen-bond donors (Lipinski definition) is 2. The van der Waals surface area contributed by atoms with Gasteiger partial charge in [-0.25, -0.2) is 4.98 Å². The molecule has 1 amide bonds. The number of nitrogen functional groups attached to an aromatic ring is 1. The van der Waals surface area contributed by atoms with Gasteiger partial charge in [0.25, 0.3) is 5.91 Å². The molecule has 2 heterocycles. The molecule has 2 aromatic heterocycles. The Morgan fingerprint density at radius 3 is 2.89 bits per heavy atom. The van der Waals surface area contributed by atoms with Gasteiger partial charge in [-0.2, -0.15) is 0 Å². The van der Waals surface area contributed by atoms with E-state index >= 15 is 0 Å². The van der Waals surface area contributed by atoms with Gasteiger partial charge in [0.2, 0.25) is 0 Å². The van der Waals surface area contributed by atoms with Gasteiger partial charge in [0, 0.05) is 17.3 Å². The number of rotatable bonds is 4. The third-order valence-corrected chi connectivity index (χ3v) is 2.64. The maximum Gasteiger partial charge on any atom is 0.251 e. The smallest absolute Gasteiger partial charge is 0.251 e. The van der Waals surface area contributed by atoms with E-state index in [0.717, 1.165) is 5.69 Å². The number of carbonyl (C=O) groups excluding carboxylic acids is 1. The summed E-state index contributed by atoms with van der Waals surface area (Å²) < 4.78 is 4.69. The van der Waals surface area contributed by atoms with Crippen molar-refractivity contribution < 1.29 is 9.32 Å². The molecule has 0 fully saturated rings. The number of hydrogen-bond acceptors (Lipinski definition) is 5. The van der Waals surface area contributed by atoms with Crippen LogP contribution >= 0.6 is 0 Å². The zero-order valence-electron chi connectivity index (χ0n) is 10.9. The Labute approximate surface area is 111 Å². The van der Waals surface area contributed by atoms with E-state index < -0.39 is 0 Å². The fourth-order valence-electron chi connectivity index (χ4n) is 1.60. The van der Waals surface area contributed by atoms with Gasteiger partial charge < -0.3 is 15.6 Å². The van der Waals surface area contributed by atoms with Crippen LogP contribution in [0.3, 0.4) is 0 Å². The van der Waals surface area contributed by atoms with E-state index in [1.165, 1.54) is 6.26 Å². The van der Waals surface area contributed by atoms with Crippen molar-refractivity contribution in [3.8, 4) is 0 Å². The molecule has 0 aliphatic rings. The summed E-state index contributed by atoms with van der Waals surface area (Å²) in [5.74, 6) is 0.349. The molecule has 100 valence electrons. The van der Waals surface area contributed by atoms with Gasteiger partial charge in [-0.15, -0.1) is 0 Å². The molecule has 19 heavy (non-hydrogen) atoms. The van der Waals surface area contributed by atoms with Gasteiger partial charge in [0.05, 0.1) is 6.54 Å². The Kier molecular flexibility index (Phi) is 3.79. The highest BCUT2D eigenvalue weighted by Gasteiger charge is 2.11. The van der Waals surface area contributed by atoms with Crippen molar-refractivity contribution >= 4 is 11.7 Å². The summed E-state index contributed by atoms with van der Waals surface area (Å²) in [6.45, 7) is 4.31. The second-order valence-corrected chi connectivity index (χ2v) is 4.53. The summed E-state index contributed by atoms with van der Waals surface area (Å²) in [6.07, 6.45) is 1.46. The summed E-state index contributed by atoms with van der Waals surface area (Å²) in [7, 11) is 0. The zero-order valence-corrected chi connectivity index (χ0v) is 10.9. The normalized spacial score (nSPS) is 10.7. The van der Waals surface area contributed by atoms with Crippen LogP contribution in [0.2, 0.25) is 0 Å².